The Labute approximate surface area is 160 Å². The van der Waals surface area contributed by atoms with Gasteiger partial charge in [-0.1, -0.05) is 24.3 Å². The number of carbonyl (C=O) groups is 1. The standard InChI is InChI=1S/C19H29N5OS/c20-18(25)17-5-2-6-23(14-17)13-16-4-1-3-15(11-16)12-22-19(21)24-7-9-26-10-8-24/h1,3-4,11,17H,2,5-10,12-14H2,(H2,20,25)(H2,21,22). The Morgan fingerprint density at radius 2 is 1.96 bits per heavy atom. The van der Waals surface area contributed by atoms with Crippen molar-refractivity contribution in [2.75, 3.05) is 37.7 Å². The van der Waals surface area contributed by atoms with Crippen LogP contribution in [0.4, 0.5) is 0 Å². The highest BCUT2D eigenvalue weighted by atomic mass is 32.2. The molecule has 0 aromatic heterocycles. The lowest BCUT2D eigenvalue weighted by Gasteiger charge is -2.31. The largest absolute Gasteiger partial charge is 0.370 e. The lowest BCUT2D eigenvalue weighted by molar-refractivity contribution is -0.123. The first kappa shape index (κ1) is 19.0. The number of benzene rings is 1. The third-order valence-electron chi connectivity index (χ3n) is 5.06. The van der Waals surface area contributed by atoms with E-state index in [2.05, 4.69) is 39.1 Å². The van der Waals surface area contributed by atoms with E-state index in [-0.39, 0.29) is 11.8 Å². The molecule has 26 heavy (non-hydrogen) atoms. The molecule has 7 heteroatoms. The molecule has 1 atom stereocenters. The molecule has 2 aliphatic rings. The molecule has 1 aromatic carbocycles. The number of nitrogens with two attached hydrogens (primary N) is 2. The first-order chi connectivity index (χ1) is 12.6. The lowest BCUT2D eigenvalue weighted by Crippen LogP contribution is -2.42. The number of guanidine groups is 1. The smallest absolute Gasteiger partial charge is 0.221 e. The van der Waals surface area contributed by atoms with Crippen LogP contribution < -0.4 is 11.5 Å². The Kier molecular flexibility index (Phi) is 6.80. The van der Waals surface area contributed by atoms with Crippen LogP contribution in [0.5, 0.6) is 0 Å². The molecular weight excluding hydrogens is 346 g/mol. The quantitative estimate of drug-likeness (QED) is 0.597. The number of hydrogen-bond acceptors (Lipinski definition) is 4. The molecular formula is C19H29N5OS. The van der Waals surface area contributed by atoms with Crippen molar-refractivity contribution in [3.63, 3.8) is 0 Å². The van der Waals surface area contributed by atoms with Gasteiger partial charge >= 0.3 is 0 Å². The summed E-state index contributed by atoms with van der Waals surface area (Å²) < 4.78 is 0. The third kappa shape index (κ3) is 5.38. The third-order valence-corrected chi connectivity index (χ3v) is 6.01. The fourth-order valence-electron chi connectivity index (χ4n) is 3.58. The number of nitrogens with zero attached hydrogens (tertiary/aromatic N) is 3. The predicted octanol–water partition coefficient (Wildman–Crippen LogP) is 1.25. The van der Waals surface area contributed by atoms with Crippen molar-refractivity contribution in [3.05, 3.63) is 35.4 Å². The van der Waals surface area contributed by atoms with Gasteiger partial charge < -0.3 is 16.4 Å². The van der Waals surface area contributed by atoms with Crippen molar-refractivity contribution in [2.45, 2.75) is 25.9 Å². The van der Waals surface area contributed by atoms with Gasteiger partial charge in [-0.25, -0.2) is 4.99 Å². The number of thioether (sulfide) groups is 1. The van der Waals surface area contributed by atoms with Crippen LogP contribution >= 0.6 is 11.8 Å². The van der Waals surface area contributed by atoms with Crippen LogP contribution in [0.25, 0.3) is 0 Å². The van der Waals surface area contributed by atoms with Crippen LogP contribution in [-0.2, 0) is 17.9 Å². The van der Waals surface area contributed by atoms with Gasteiger partial charge in [0.1, 0.15) is 0 Å². The molecule has 6 nitrogen and oxygen atoms in total. The van der Waals surface area contributed by atoms with Gasteiger partial charge in [-0.3, -0.25) is 9.69 Å². The molecule has 2 fully saturated rings. The van der Waals surface area contributed by atoms with Crippen molar-refractivity contribution >= 4 is 23.6 Å². The van der Waals surface area contributed by atoms with Gasteiger partial charge in [-0.05, 0) is 30.5 Å². The van der Waals surface area contributed by atoms with E-state index in [4.69, 9.17) is 11.5 Å². The number of primary amides is 1. The van der Waals surface area contributed by atoms with Crippen molar-refractivity contribution in [1.82, 2.24) is 9.80 Å². The Hall–Kier alpha value is -1.73. The summed E-state index contributed by atoms with van der Waals surface area (Å²) in [5, 5.41) is 0. The van der Waals surface area contributed by atoms with E-state index in [1.54, 1.807) is 0 Å². The van der Waals surface area contributed by atoms with Crippen molar-refractivity contribution in [1.29, 1.82) is 0 Å². The van der Waals surface area contributed by atoms with Crippen molar-refractivity contribution < 1.29 is 4.79 Å². The minimum Gasteiger partial charge on any atom is -0.370 e. The summed E-state index contributed by atoms with van der Waals surface area (Å²) in [5.41, 5.74) is 14.0. The van der Waals surface area contributed by atoms with Gasteiger partial charge in [0, 0.05) is 37.7 Å². The summed E-state index contributed by atoms with van der Waals surface area (Å²) in [6.45, 7) is 5.20. The molecule has 0 saturated carbocycles. The zero-order valence-electron chi connectivity index (χ0n) is 15.3. The molecule has 1 aromatic rings. The van der Waals surface area contributed by atoms with Gasteiger partial charge in [0.05, 0.1) is 12.5 Å². The second-order valence-corrected chi connectivity index (χ2v) is 8.30. The maximum atomic E-state index is 11.4. The summed E-state index contributed by atoms with van der Waals surface area (Å²) in [4.78, 5) is 20.5. The number of rotatable bonds is 5. The molecule has 0 radical (unpaired) electrons. The summed E-state index contributed by atoms with van der Waals surface area (Å²) in [5.74, 6) is 2.70. The molecule has 0 spiro atoms. The Bertz CT molecular complexity index is 645. The summed E-state index contributed by atoms with van der Waals surface area (Å²) in [7, 11) is 0. The Morgan fingerprint density at radius 3 is 2.73 bits per heavy atom. The summed E-state index contributed by atoms with van der Waals surface area (Å²) in [6, 6.07) is 8.49. The maximum absolute atomic E-state index is 11.4. The SMILES string of the molecule is NC(=O)C1CCCN(Cc2cccc(CN=C(N)N3CCSCC3)c2)C1. The number of hydrogen-bond donors (Lipinski definition) is 2. The second kappa shape index (κ2) is 9.28. The number of likely N-dealkylation sites (tertiary alicyclic amines) is 1. The van der Waals surface area contributed by atoms with Crippen LogP contribution in [0.3, 0.4) is 0 Å². The van der Waals surface area contributed by atoms with Crippen molar-refractivity contribution in [2.24, 2.45) is 22.4 Å². The van der Waals surface area contributed by atoms with Crippen LogP contribution in [-0.4, -0.2) is 59.4 Å². The topological polar surface area (TPSA) is 88.0 Å². The molecule has 1 amide bonds. The van der Waals surface area contributed by atoms with Gasteiger partial charge in [-0.2, -0.15) is 11.8 Å². The van der Waals surface area contributed by atoms with Crippen molar-refractivity contribution in [3.8, 4) is 0 Å². The first-order valence-electron chi connectivity index (χ1n) is 9.34. The van der Waals surface area contributed by atoms with Gasteiger partial charge in [0.2, 0.25) is 5.91 Å². The van der Waals surface area contributed by atoms with E-state index in [0.29, 0.717) is 12.5 Å². The number of piperidine rings is 1. The predicted molar refractivity (Wildman–Crippen MR) is 108 cm³/mol. The first-order valence-corrected chi connectivity index (χ1v) is 10.5. The van der Waals surface area contributed by atoms with Crippen LogP contribution in [0.1, 0.15) is 24.0 Å². The highest BCUT2D eigenvalue weighted by Gasteiger charge is 2.23. The van der Waals surface area contributed by atoms with Crippen LogP contribution in [0, 0.1) is 5.92 Å². The monoisotopic (exact) mass is 375 g/mol. The second-order valence-electron chi connectivity index (χ2n) is 7.07. The van der Waals surface area contributed by atoms with E-state index < -0.39 is 0 Å². The van der Waals surface area contributed by atoms with E-state index in [0.717, 1.165) is 57.1 Å². The molecule has 0 aliphatic carbocycles. The Morgan fingerprint density at radius 1 is 1.19 bits per heavy atom. The molecule has 142 valence electrons. The summed E-state index contributed by atoms with van der Waals surface area (Å²) in [6.07, 6.45) is 1.94. The van der Waals surface area contributed by atoms with E-state index in [1.165, 1.54) is 11.1 Å². The lowest BCUT2D eigenvalue weighted by atomic mass is 9.97. The molecule has 3 rings (SSSR count). The number of amides is 1. The van der Waals surface area contributed by atoms with E-state index in [9.17, 15) is 4.79 Å². The number of carbonyl (C=O) groups excluding carboxylic acids is 1. The van der Waals surface area contributed by atoms with Crippen LogP contribution in [0.15, 0.2) is 29.3 Å². The molecule has 0 bridgehead atoms. The van der Waals surface area contributed by atoms with E-state index in [1.807, 2.05) is 11.8 Å². The molecule has 2 heterocycles. The molecule has 4 N–H and O–H groups in total. The number of aliphatic imine (C=N–C) groups is 1. The van der Waals surface area contributed by atoms with E-state index >= 15 is 0 Å². The molecule has 2 saturated heterocycles. The highest BCUT2D eigenvalue weighted by molar-refractivity contribution is 7.99. The summed E-state index contributed by atoms with van der Waals surface area (Å²) >= 11 is 1.97. The highest BCUT2D eigenvalue weighted by Crippen LogP contribution is 2.19. The molecule has 1 unspecified atom stereocenters. The Balaban J connectivity index is 1.56. The minimum atomic E-state index is -0.177. The van der Waals surface area contributed by atoms with Gasteiger partial charge in [0.15, 0.2) is 5.96 Å². The average molecular weight is 376 g/mol. The zero-order chi connectivity index (χ0) is 18.4. The van der Waals surface area contributed by atoms with Crippen LogP contribution in [0.2, 0.25) is 0 Å². The normalized spacial score (nSPS) is 22.4. The van der Waals surface area contributed by atoms with Gasteiger partial charge in [0.25, 0.3) is 0 Å². The zero-order valence-corrected chi connectivity index (χ0v) is 16.1. The fraction of sp³-hybridized carbons (Fsp3) is 0.579. The maximum Gasteiger partial charge on any atom is 0.221 e. The molecule has 2 aliphatic heterocycles. The van der Waals surface area contributed by atoms with Gasteiger partial charge in [-0.15, -0.1) is 0 Å². The average Bonchev–Trinajstić information content (AvgIpc) is 2.67. The minimum absolute atomic E-state index is 0.0148. The fourth-order valence-corrected chi connectivity index (χ4v) is 4.48.